The largest absolute Gasteiger partial charge is 0.256 e. The summed E-state index contributed by atoms with van der Waals surface area (Å²) < 4.78 is 21.0. The van der Waals surface area contributed by atoms with Gasteiger partial charge in [0.1, 0.15) is 10.7 Å². The lowest BCUT2D eigenvalue weighted by Crippen LogP contribution is -1.87. The van der Waals surface area contributed by atoms with E-state index in [0.717, 1.165) is 16.5 Å². The predicted octanol–water partition coefficient (Wildman–Crippen LogP) is 1.35. The highest BCUT2D eigenvalue weighted by atomic mass is 32.2. The van der Waals surface area contributed by atoms with E-state index in [4.69, 9.17) is 0 Å². The topological polar surface area (TPSA) is 47.0 Å². The molecule has 0 atom stereocenters. The Balaban J connectivity index is 2.51. The molecule has 0 aliphatic rings. The number of aromatic nitrogens is 1. The summed E-state index contributed by atoms with van der Waals surface area (Å²) in [7, 11) is -2.36. The number of rotatable bonds is 2. The van der Waals surface area contributed by atoms with Crippen LogP contribution in [0.15, 0.2) is 36.5 Å². The fourth-order valence-corrected chi connectivity index (χ4v) is 1.85. The number of benzene rings is 1. The van der Waals surface area contributed by atoms with Gasteiger partial charge in [-0.25, -0.2) is 8.42 Å². The van der Waals surface area contributed by atoms with Gasteiger partial charge in [-0.1, -0.05) is 18.2 Å². The molecule has 0 amide bonds. The lowest BCUT2D eigenvalue weighted by Gasteiger charge is -1.98. The van der Waals surface area contributed by atoms with Crippen molar-refractivity contribution in [2.75, 3.05) is 0 Å². The molecule has 2 aromatic rings. The van der Waals surface area contributed by atoms with Crippen molar-refractivity contribution in [3.63, 3.8) is 0 Å². The summed E-state index contributed by atoms with van der Waals surface area (Å²) in [5.41, 5.74) is 1.62. The molecular weight excluding hydrogens is 198 g/mol. The molecule has 4 heteroatoms. The zero-order valence-corrected chi connectivity index (χ0v) is 8.28. The van der Waals surface area contributed by atoms with Crippen LogP contribution in [0.5, 0.6) is 0 Å². The fraction of sp³-hybridized carbons (Fsp3) is 0.100. The van der Waals surface area contributed by atoms with E-state index >= 15 is 0 Å². The Bertz CT molecular complexity index is 526. The normalized spacial score (nSPS) is 10.9. The van der Waals surface area contributed by atoms with E-state index in [2.05, 4.69) is 4.98 Å². The second kappa shape index (κ2) is 3.75. The average Bonchev–Trinajstić information content (AvgIpc) is 2.17. The summed E-state index contributed by atoms with van der Waals surface area (Å²) in [4.78, 5) is 4.15. The molecule has 3 nitrogen and oxygen atoms in total. The smallest absolute Gasteiger partial charge is 0.144 e. The Kier molecular flexibility index (Phi) is 2.45. The van der Waals surface area contributed by atoms with E-state index in [1.807, 2.05) is 24.3 Å². The van der Waals surface area contributed by atoms with Gasteiger partial charge in [0.15, 0.2) is 0 Å². The van der Waals surface area contributed by atoms with Crippen molar-refractivity contribution in [3.05, 3.63) is 42.1 Å². The fourth-order valence-electron chi connectivity index (χ4n) is 1.36. The highest BCUT2D eigenvalue weighted by Crippen LogP contribution is 2.13. The first kappa shape index (κ1) is 9.15. The molecule has 0 fully saturated rings. The van der Waals surface area contributed by atoms with Crippen molar-refractivity contribution in [1.29, 1.82) is 0 Å². The summed E-state index contributed by atoms with van der Waals surface area (Å²) in [6.45, 7) is 0. The van der Waals surface area contributed by atoms with E-state index in [0.29, 0.717) is 0 Å². The van der Waals surface area contributed by atoms with Gasteiger partial charge in [-0.15, -0.1) is 0 Å². The van der Waals surface area contributed by atoms with E-state index in [1.165, 1.54) is 0 Å². The van der Waals surface area contributed by atoms with Gasteiger partial charge in [0, 0.05) is 11.6 Å². The first-order valence-corrected chi connectivity index (χ1v) is 5.57. The zero-order chi connectivity index (χ0) is 9.97. The van der Waals surface area contributed by atoms with Crippen LogP contribution in [-0.4, -0.2) is 13.4 Å². The van der Waals surface area contributed by atoms with Crippen LogP contribution in [0.3, 0.4) is 0 Å². The van der Waals surface area contributed by atoms with Crippen LogP contribution in [-0.2, 0) is 16.5 Å². The lowest BCUT2D eigenvalue weighted by atomic mass is 10.1. The Morgan fingerprint density at radius 1 is 1.21 bits per heavy atom. The SMILES string of the molecule is O=[SH](=O)Cc1ccc2cccnc2c1. The summed E-state index contributed by atoms with van der Waals surface area (Å²) >= 11 is 0. The van der Waals surface area contributed by atoms with Crippen molar-refractivity contribution in [1.82, 2.24) is 4.98 Å². The molecular formula is C10H9NO2S. The van der Waals surface area contributed by atoms with Crippen LogP contribution >= 0.6 is 0 Å². The molecule has 1 heterocycles. The molecule has 72 valence electrons. The van der Waals surface area contributed by atoms with Crippen molar-refractivity contribution in [2.45, 2.75) is 5.75 Å². The molecule has 0 aliphatic carbocycles. The third-order valence-corrected chi connectivity index (χ3v) is 2.61. The first-order chi connectivity index (χ1) is 6.75. The highest BCUT2D eigenvalue weighted by Gasteiger charge is 1.97. The number of hydrogen-bond acceptors (Lipinski definition) is 3. The number of pyridine rings is 1. The van der Waals surface area contributed by atoms with Gasteiger partial charge in [0.25, 0.3) is 0 Å². The van der Waals surface area contributed by atoms with Gasteiger partial charge in [-0.05, 0) is 17.7 Å². The van der Waals surface area contributed by atoms with Gasteiger partial charge < -0.3 is 0 Å². The highest BCUT2D eigenvalue weighted by molar-refractivity contribution is 7.71. The lowest BCUT2D eigenvalue weighted by molar-refractivity contribution is 0.614. The van der Waals surface area contributed by atoms with Gasteiger partial charge in [-0.3, -0.25) is 4.98 Å². The quantitative estimate of drug-likeness (QED) is 0.756. The van der Waals surface area contributed by atoms with Gasteiger partial charge in [0.05, 0.1) is 11.3 Å². The monoisotopic (exact) mass is 207 g/mol. The van der Waals surface area contributed by atoms with Crippen LogP contribution in [0.1, 0.15) is 5.56 Å². The predicted molar refractivity (Wildman–Crippen MR) is 55.8 cm³/mol. The molecule has 1 aromatic carbocycles. The molecule has 0 unspecified atom stereocenters. The molecule has 2 rings (SSSR count). The number of fused-ring (bicyclic) bond motifs is 1. The van der Waals surface area contributed by atoms with Crippen molar-refractivity contribution in [2.24, 2.45) is 0 Å². The van der Waals surface area contributed by atoms with Crippen LogP contribution in [0.25, 0.3) is 10.9 Å². The van der Waals surface area contributed by atoms with Crippen molar-refractivity contribution < 1.29 is 8.42 Å². The Hall–Kier alpha value is -1.42. The summed E-state index contributed by atoms with van der Waals surface area (Å²) in [6, 6.07) is 9.31. The summed E-state index contributed by atoms with van der Waals surface area (Å²) in [5, 5.41) is 1.03. The second-order valence-electron chi connectivity index (χ2n) is 3.02. The minimum atomic E-state index is -2.36. The van der Waals surface area contributed by atoms with Gasteiger partial charge in [0.2, 0.25) is 0 Å². The molecule has 0 N–H and O–H groups in total. The van der Waals surface area contributed by atoms with Gasteiger partial charge >= 0.3 is 0 Å². The molecule has 0 radical (unpaired) electrons. The third-order valence-electron chi connectivity index (χ3n) is 1.98. The number of hydrogen-bond donors (Lipinski definition) is 1. The average molecular weight is 207 g/mol. The molecule has 1 aromatic heterocycles. The maximum absolute atomic E-state index is 10.5. The minimum Gasteiger partial charge on any atom is -0.256 e. The number of nitrogens with zero attached hydrogens (tertiary/aromatic N) is 1. The zero-order valence-electron chi connectivity index (χ0n) is 7.38. The standard InChI is InChI=1S/C10H9NO2S/c12-14(13)7-8-3-4-9-2-1-5-11-10(9)6-8/h1-6,14H,7H2. The Morgan fingerprint density at radius 3 is 2.86 bits per heavy atom. The molecule has 0 spiro atoms. The molecule has 0 saturated carbocycles. The Labute approximate surface area is 83.4 Å². The maximum atomic E-state index is 10.5. The maximum Gasteiger partial charge on any atom is 0.144 e. The first-order valence-electron chi connectivity index (χ1n) is 4.21. The van der Waals surface area contributed by atoms with E-state index in [1.54, 1.807) is 12.3 Å². The second-order valence-corrected chi connectivity index (χ2v) is 4.00. The minimum absolute atomic E-state index is 0.0852. The van der Waals surface area contributed by atoms with Crippen LogP contribution in [0.2, 0.25) is 0 Å². The van der Waals surface area contributed by atoms with Crippen LogP contribution < -0.4 is 0 Å². The van der Waals surface area contributed by atoms with E-state index < -0.39 is 10.7 Å². The summed E-state index contributed by atoms with van der Waals surface area (Å²) in [6.07, 6.45) is 1.70. The van der Waals surface area contributed by atoms with Crippen molar-refractivity contribution >= 4 is 21.6 Å². The van der Waals surface area contributed by atoms with E-state index in [-0.39, 0.29) is 5.75 Å². The van der Waals surface area contributed by atoms with Crippen LogP contribution in [0, 0.1) is 0 Å². The summed E-state index contributed by atoms with van der Waals surface area (Å²) in [5.74, 6) is 0.0852. The molecule has 0 aliphatic heterocycles. The Morgan fingerprint density at radius 2 is 2.07 bits per heavy atom. The third kappa shape index (κ3) is 1.90. The molecule has 14 heavy (non-hydrogen) atoms. The molecule has 0 saturated heterocycles. The van der Waals surface area contributed by atoms with E-state index in [9.17, 15) is 8.42 Å². The molecule has 0 bridgehead atoms. The van der Waals surface area contributed by atoms with Gasteiger partial charge in [-0.2, -0.15) is 0 Å². The van der Waals surface area contributed by atoms with Crippen LogP contribution in [0.4, 0.5) is 0 Å². The van der Waals surface area contributed by atoms with Crippen molar-refractivity contribution in [3.8, 4) is 0 Å². The number of thiol groups is 1.